The number of halogens is 2. The Hall–Kier alpha value is -1.54. The zero-order chi connectivity index (χ0) is 15.6. The largest absolute Gasteiger partial charge is 0.312 e. The van der Waals surface area contributed by atoms with Crippen LogP contribution in [-0.4, -0.2) is 5.91 Å². The second-order valence-corrected chi connectivity index (χ2v) is 6.43. The summed E-state index contributed by atoms with van der Waals surface area (Å²) in [7, 11) is 0. The molecule has 0 bridgehead atoms. The SMILES string of the molecule is CCc1c(C)sc(NC(=O)c2ccc(Cl)c(Cl)c2)c1C#N. The van der Waals surface area contributed by atoms with Gasteiger partial charge in [-0.25, -0.2) is 0 Å². The Morgan fingerprint density at radius 1 is 1.38 bits per heavy atom. The van der Waals surface area contributed by atoms with Crippen molar-refractivity contribution in [1.82, 2.24) is 0 Å². The second kappa shape index (κ2) is 6.48. The Bertz CT molecular complexity index is 747. The number of anilines is 1. The van der Waals surface area contributed by atoms with Gasteiger partial charge in [0.1, 0.15) is 11.1 Å². The Morgan fingerprint density at radius 3 is 2.67 bits per heavy atom. The van der Waals surface area contributed by atoms with E-state index in [0.29, 0.717) is 26.2 Å². The number of benzene rings is 1. The molecule has 1 amide bonds. The van der Waals surface area contributed by atoms with Crippen LogP contribution >= 0.6 is 34.5 Å². The zero-order valence-electron chi connectivity index (χ0n) is 11.5. The number of hydrogen-bond acceptors (Lipinski definition) is 3. The highest BCUT2D eigenvalue weighted by atomic mass is 35.5. The Labute approximate surface area is 137 Å². The first-order chi connectivity index (χ1) is 9.97. The molecule has 1 aromatic heterocycles. The van der Waals surface area contributed by atoms with Gasteiger partial charge in [0.2, 0.25) is 0 Å². The zero-order valence-corrected chi connectivity index (χ0v) is 13.8. The van der Waals surface area contributed by atoms with E-state index in [9.17, 15) is 10.1 Å². The lowest BCUT2D eigenvalue weighted by Crippen LogP contribution is -2.11. The highest BCUT2D eigenvalue weighted by Crippen LogP contribution is 2.33. The van der Waals surface area contributed by atoms with E-state index in [2.05, 4.69) is 11.4 Å². The summed E-state index contributed by atoms with van der Waals surface area (Å²) in [4.78, 5) is 13.3. The molecule has 1 N–H and O–H groups in total. The number of amides is 1. The molecule has 0 fully saturated rings. The lowest BCUT2D eigenvalue weighted by molar-refractivity contribution is 0.102. The van der Waals surface area contributed by atoms with E-state index in [-0.39, 0.29) is 5.91 Å². The topological polar surface area (TPSA) is 52.9 Å². The molecule has 1 aromatic carbocycles. The van der Waals surface area contributed by atoms with E-state index in [1.54, 1.807) is 12.1 Å². The molecular weight excluding hydrogens is 327 g/mol. The van der Waals surface area contributed by atoms with Crippen LogP contribution in [0, 0.1) is 18.3 Å². The Balaban J connectivity index is 2.32. The van der Waals surface area contributed by atoms with E-state index in [4.69, 9.17) is 23.2 Å². The summed E-state index contributed by atoms with van der Waals surface area (Å²) in [5.41, 5.74) is 1.91. The third-order valence-electron chi connectivity index (χ3n) is 3.08. The van der Waals surface area contributed by atoms with E-state index >= 15 is 0 Å². The number of nitrogens with zero attached hydrogens (tertiary/aromatic N) is 1. The third kappa shape index (κ3) is 3.21. The van der Waals surface area contributed by atoms with Crippen molar-refractivity contribution in [3.05, 3.63) is 49.8 Å². The van der Waals surface area contributed by atoms with Gasteiger partial charge in [-0.2, -0.15) is 5.26 Å². The van der Waals surface area contributed by atoms with Crippen LogP contribution in [0.3, 0.4) is 0 Å². The average molecular weight is 339 g/mol. The van der Waals surface area contributed by atoms with Crippen LogP contribution in [0.5, 0.6) is 0 Å². The first-order valence-electron chi connectivity index (χ1n) is 6.26. The monoisotopic (exact) mass is 338 g/mol. The van der Waals surface area contributed by atoms with Gasteiger partial charge in [0.15, 0.2) is 0 Å². The van der Waals surface area contributed by atoms with Gasteiger partial charge in [0.25, 0.3) is 5.91 Å². The summed E-state index contributed by atoms with van der Waals surface area (Å²) >= 11 is 13.1. The minimum Gasteiger partial charge on any atom is -0.312 e. The Morgan fingerprint density at radius 2 is 2.10 bits per heavy atom. The number of carbonyl (C=O) groups is 1. The van der Waals surface area contributed by atoms with Crippen molar-refractivity contribution in [2.24, 2.45) is 0 Å². The molecule has 0 spiro atoms. The van der Waals surface area contributed by atoms with Crippen LogP contribution in [-0.2, 0) is 6.42 Å². The van der Waals surface area contributed by atoms with Crippen molar-refractivity contribution in [3.63, 3.8) is 0 Å². The molecule has 1 heterocycles. The quantitative estimate of drug-likeness (QED) is 0.851. The van der Waals surface area contributed by atoms with Crippen molar-refractivity contribution in [3.8, 4) is 6.07 Å². The van der Waals surface area contributed by atoms with E-state index in [0.717, 1.165) is 16.9 Å². The number of carbonyl (C=O) groups excluding carboxylic acids is 1. The van der Waals surface area contributed by atoms with Crippen LogP contribution in [0.4, 0.5) is 5.00 Å². The lowest BCUT2D eigenvalue weighted by atomic mass is 10.1. The van der Waals surface area contributed by atoms with Crippen molar-refractivity contribution >= 4 is 45.4 Å². The van der Waals surface area contributed by atoms with Crippen LogP contribution in [0.1, 0.15) is 33.3 Å². The van der Waals surface area contributed by atoms with Gasteiger partial charge in [-0.15, -0.1) is 11.3 Å². The molecule has 2 aromatic rings. The van der Waals surface area contributed by atoms with E-state index < -0.39 is 0 Å². The van der Waals surface area contributed by atoms with Gasteiger partial charge in [-0.1, -0.05) is 30.1 Å². The number of nitriles is 1. The first-order valence-corrected chi connectivity index (χ1v) is 7.84. The predicted molar refractivity (Wildman–Crippen MR) is 87.6 cm³/mol. The molecule has 0 aliphatic carbocycles. The molecule has 0 atom stereocenters. The number of thiophene rings is 1. The molecule has 0 aliphatic rings. The minimum atomic E-state index is -0.311. The maximum atomic E-state index is 12.2. The summed E-state index contributed by atoms with van der Waals surface area (Å²) in [6.07, 6.45) is 0.758. The maximum absolute atomic E-state index is 12.2. The fourth-order valence-corrected chi connectivity index (χ4v) is 3.41. The predicted octanol–water partition coefficient (Wildman–Crippen LogP) is 5.05. The molecule has 0 aliphatic heterocycles. The molecule has 0 saturated carbocycles. The van der Waals surface area contributed by atoms with Crippen LogP contribution in [0.25, 0.3) is 0 Å². The normalized spacial score (nSPS) is 10.2. The number of aryl methyl sites for hydroxylation is 1. The van der Waals surface area contributed by atoms with E-state index in [1.165, 1.54) is 17.4 Å². The smallest absolute Gasteiger partial charge is 0.256 e. The van der Waals surface area contributed by atoms with Gasteiger partial charge in [-0.05, 0) is 37.1 Å². The lowest BCUT2D eigenvalue weighted by Gasteiger charge is -2.05. The first kappa shape index (κ1) is 15.8. The molecular formula is C15H12Cl2N2OS. The minimum absolute atomic E-state index is 0.311. The molecule has 0 saturated heterocycles. The van der Waals surface area contributed by atoms with Crippen LogP contribution < -0.4 is 5.32 Å². The number of hydrogen-bond donors (Lipinski definition) is 1. The summed E-state index contributed by atoms with van der Waals surface area (Å²) in [5.74, 6) is -0.311. The van der Waals surface area contributed by atoms with Gasteiger partial charge >= 0.3 is 0 Å². The molecule has 3 nitrogen and oxygen atoms in total. The maximum Gasteiger partial charge on any atom is 0.256 e. The fraction of sp³-hybridized carbons (Fsp3) is 0.200. The summed E-state index contributed by atoms with van der Waals surface area (Å²) in [6.45, 7) is 3.93. The highest BCUT2D eigenvalue weighted by molar-refractivity contribution is 7.16. The van der Waals surface area contributed by atoms with Crippen molar-refractivity contribution < 1.29 is 4.79 Å². The fourth-order valence-electron chi connectivity index (χ4n) is 2.02. The highest BCUT2D eigenvalue weighted by Gasteiger charge is 2.17. The van der Waals surface area contributed by atoms with Crippen molar-refractivity contribution in [2.45, 2.75) is 20.3 Å². The summed E-state index contributed by atoms with van der Waals surface area (Å²) in [5, 5.41) is 13.3. The van der Waals surface area contributed by atoms with Gasteiger partial charge in [0.05, 0.1) is 15.6 Å². The molecule has 21 heavy (non-hydrogen) atoms. The van der Waals surface area contributed by atoms with Gasteiger partial charge < -0.3 is 5.32 Å². The molecule has 0 unspecified atom stereocenters. The molecule has 2 rings (SSSR count). The average Bonchev–Trinajstić information content (AvgIpc) is 2.76. The van der Waals surface area contributed by atoms with E-state index in [1.807, 2.05) is 13.8 Å². The van der Waals surface area contributed by atoms with Crippen molar-refractivity contribution in [2.75, 3.05) is 5.32 Å². The molecule has 108 valence electrons. The second-order valence-electron chi connectivity index (χ2n) is 4.39. The van der Waals surface area contributed by atoms with Gasteiger partial charge in [-0.3, -0.25) is 4.79 Å². The van der Waals surface area contributed by atoms with Crippen molar-refractivity contribution in [1.29, 1.82) is 5.26 Å². The number of nitrogens with one attached hydrogen (secondary N) is 1. The summed E-state index contributed by atoms with van der Waals surface area (Å²) in [6, 6.07) is 6.83. The van der Waals surface area contributed by atoms with Gasteiger partial charge in [0, 0.05) is 10.4 Å². The summed E-state index contributed by atoms with van der Waals surface area (Å²) < 4.78 is 0. The van der Waals surface area contributed by atoms with Crippen LogP contribution in [0.2, 0.25) is 10.0 Å². The standard InChI is InChI=1S/C15H12Cl2N2OS/c1-3-10-8(2)21-15(11(10)7-18)19-14(20)9-4-5-12(16)13(17)6-9/h4-6H,3H2,1-2H3,(H,19,20). The Kier molecular flexibility index (Phi) is 4.89. The van der Waals surface area contributed by atoms with Crippen LogP contribution in [0.15, 0.2) is 18.2 Å². The molecule has 0 radical (unpaired) electrons. The third-order valence-corrected chi connectivity index (χ3v) is 4.89. The molecule has 6 heteroatoms. The number of rotatable bonds is 3.